The van der Waals surface area contributed by atoms with E-state index in [-0.39, 0.29) is 5.75 Å². The summed E-state index contributed by atoms with van der Waals surface area (Å²) >= 11 is 0. The lowest BCUT2D eigenvalue weighted by Crippen LogP contribution is -2.27. The Bertz CT molecular complexity index is 515. The zero-order valence-corrected chi connectivity index (χ0v) is 12.1. The lowest BCUT2D eigenvalue weighted by Gasteiger charge is -2.21. The molecule has 1 aromatic carbocycles. The summed E-state index contributed by atoms with van der Waals surface area (Å²) in [6, 6.07) is 4.96. The van der Waals surface area contributed by atoms with Crippen molar-refractivity contribution in [3.8, 4) is 5.75 Å². The number of rotatable bonds is 3. The molecule has 20 heavy (non-hydrogen) atoms. The van der Waals surface area contributed by atoms with Gasteiger partial charge in [0, 0.05) is 6.42 Å². The molecule has 1 aliphatic carbocycles. The number of hydrogen-bond acceptors (Lipinski definition) is 4. The number of amides is 1. The van der Waals surface area contributed by atoms with Crippen LogP contribution in [-0.4, -0.2) is 27.5 Å². The molecule has 0 saturated heterocycles. The first kappa shape index (κ1) is 14.7. The molecule has 110 valence electrons. The predicted molar refractivity (Wildman–Crippen MR) is 75.9 cm³/mol. The highest BCUT2D eigenvalue weighted by atomic mass is 16.6. The number of carbonyl (C=O) groups excluding carboxylic acids is 1. The molecule has 0 atom stereocenters. The monoisotopic (exact) mass is 279 g/mol. The first-order valence-corrected chi connectivity index (χ1v) is 6.72. The molecule has 0 spiro atoms. The Morgan fingerprint density at radius 3 is 2.60 bits per heavy atom. The third-order valence-corrected chi connectivity index (χ3v) is 3.10. The molecule has 0 heterocycles. The molecule has 0 aromatic heterocycles. The fourth-order valence-corrected chi connectivity index (χ4v) is 1.96. The number of hydrogen-bond donors (Lipinski definition) is 3. The first-order chi connectivity index (χ1) is 9.19. The molecule has 1 aromatic rings. The summed E-state index contributed by atoms with van der Waals surface area (Å²) in [7, 11) is 0. The number of phenols is 1. The highest BCUT2D eigenvalue weighted by Crippen LogP contribution is 2.41. The van der Waals surface area contributed by atoms with Gasteiger partial charge in [-0.3, -0.25) is 5.32 Å². The normalized spacial score (nSPS) is 16.6. The molecule has 1 fully saturated rings. The fourth-order valence-electron chi connectivity index (χ4n) is 1.96. The summed E-state index contributed by atoms with van der Waals surface area (Å²) in [6.45, 7) is 5.31. The van der Waals surface area contributed by atoms with Gasteiger partial charge in [-0.05, 0) is 45.2 Å². The van der Waals surface area contributed by atoms with Crippen LogP contribution in [0.3, 0.4) is 0 Å². The summed E-state index contributed by atoms with van der Waals surface area (Å²) in [5.41, 5.74) is -0.292. The Hall–Kier alpha value is -1.75. The van der Waals surface area contributed by atoms with Crippen LogP contribution in [0.1, 0.15) is 39.2 Å². The highest BCUT2D eigenvalue weighted by molar-refractivity contribution is 5.88. The van der Waals surface area contributed by atoms with Crippen molar-refractivity contribution in [2.24, 2.45) is 0 Å². The molecule has 0 bridgehead atoms. The summed E-state index contributed by atoms with van der Waals surface area (Å²) in [4.78, 5) is 11.8. The largest absolute Gasteiger partial charge is 0.506 e. The van der Waals surface area contributed by atoms with Crippen molar-refractivity contribution >= 4 is 11.8 Å². The van der Waals surface area contributed by atoms with E-state index in [1.54, 1.807) is 32.9 Å². The van der Waals surface area contributed by atoms with Crippen LogP contribution < -0.4 is 5.32 Å². The van der Waals surface area contributed by atoms with Crippen LogP contribution in [0.4, 0.5) is 10.5 Å². The van der Waals surface area contributed by atoms with E-state index in [4.69, 9.17) is 4.74 Å². The maximum absolute atomic E-state index is 11.8. The molecule has 1 saturated carbocycles. The smallest absolute Gasteiger partial charge is 0.412 e. The van der Waals surface area contributed by atoms with E-state index in [0.717, 1.165) is 12.8 Å². The summed E-state index contributed by atoms with van der Waals surface area (Å²) in [6.07, 6.45) is 1.28. The van der Waals surface area contributed by atoms with Gasteiger partial charge in [0.1, 0.15) is 11.4 Å². The summed E-state index contributed by atoms with van der Waals surface area (Å²) < 4.78 is 5.17. The summed E-state index contributed by atoms with van der Waals surface area (Å²) in [5, 5.41) is 22.5. The first-order valence-electron chi connectivity index (χ1n) is 6.72. The van der Waals surface area contributed by atoms with E-state index in [2.05, 4.69) is 5.32 Å². The minimum atomic E-state index is -0.696. The highest BCUT2D eigenvalue weighted by Gasteiger charge is 2.41. The lowest BCUT2D eigenvalue weighted by molar-refractivity contribution is 0.0634. The van der Waals surface area contributed by atoms with Crippen LogP contribution in [0.15, 0.2) is 18.2 Å². The number of benzene rings is 1. The van der Waals surface area contributed by atoms with E-state index >= 15 is 0 Å². The molecular formula is C15H21NO4. The standard InChI is InChI=1S/C15H21NO4/c1-14(2,3)20-13(18)16-12-10(5-4-6-11(12)17)9-15(19)7-8-15/h4-6,17,19H,7-9H2,1-3H3,(H,16,18). The zero-order valence-electron chi connectivity index (χ0n) is 12.1. The number of carbonyl (C=O) groups is 1. The number of ether oxygens (including phenoxy) is 1. The van der Waals surface area contributed by atoms with Gasteiger partial charge >= 0.3 is 6.09 Å². The Balaban J connectivity index is 2.15. The SMILES string of the molecule is CC(C)(C)OC(=O)Nc1c(O)cccc1CC1(O)CC1. The van der Waals surface area contributed by atoms with E-state index in [1.807, 2.05) is 0 Å². The van der Waals surface area contributed by atoms with Crippen molar-refractivity contribution in [2.75, 3.05) is 5.32 Å². The lowest BCUT2D eigenvalue weighted by atomic mass is 10.0. The van der Waals surface area contributed by atoms with Crippen LogP contribution in [0.5, 0.6) is 5.75 Å². The maximum atomic E-state index is 11.8. The average Bonchev–Trinajstić information content (AvgIpc) is 2.99. The molecule has 0 radical (unpaired) electrons. The number of para-hydroxylation sites is 1. The topological polar surface area (TPSA) is 78.8 Å². The Morgan fingerprint density at radius 1 is 1.40 bits per heavy atom. The van der Waals surface area contributed by atoms with Crippen LogP contribution >= 0.6 is 0 Å². The van der Waals surface area contributed by atoms with Gasteiger partial charge in [0.05, 0.1) is 11.3 Å². The van der Waals surface area contributed by atoms with Crippen molar-refractivity contribution in [3.63, 3.8) is 0 Å². The van der Waals surface area contributed by atoms with E-state index in [9.17, 15) is 15.0 Å². The third-order valence-electron chi connectivity index (χ3n) is 3.10. The number of nitrogens with one attached hydrogen (secondary N) is 1. The van der Waals surface area contributed by atoms with Gasteiger partial charge < -0.3 is 14.9 Å². The third kappa shape index (κ3) is 3.87. The van der Waals surface area contributed by atoms with Crippen molar-refractivity contribution in [2.45, 2.75) is 51.2 Å². The molecule has 0 aliphatic heterocycles. The number of aromatic hydroxyl groups is 1. The quantitative estimate of drug-likeness (QED) is 0.743. The minimum absolute atomic E-state index is 0.0300. The van der Waals surface area contributed by atoms with Gasteiger partial charge in [0.15, 0.2) is 0 Å². The van der Waals surface area contributed by atoms with Crippen LogP contribution in [0.25, 0.3) is 0 Å². The van der Waals surface area contributed by atoms with Crippen molar-refractivity contribution in [1.29, 1.82) is 0 Å². The second kappa shape index (κ2) is 4.98. The van der Waals surface area contributed by atoms with Crippen molar-refractivity contribution < 1.29 is 19.7 Å². The number of aliphatic hydroxyl groups is 1. The van der Waals surface area contributed by atoms with Gasteiger partial charge in [-0.1, -0.05) is 12.1 Å². The summed E-state index contributed by atoms with van der Waals surface area (Å²) in [5.74, 6) is -0.0300. The predicted octanol–water partition coefficient (Wildman–Crippen LogP) is 2.81. The van der Waals surface area contributed by atoms with Gasteiger partial charge in [-0.15, -0.1) is 0 Å². The van der Waals surface area contributed by atoms with Crippen LogP contribution in [0.2, 0.25) is 0 Å². The molecular weight excluding hydrogens is 258 g/mol. The van der Waals surface area contributed by atoms with E-state index < -0.39 is 17.3 Å². The van der Waals surface area contributed by atoms with Crippen molar-refractivity contribution in [3.05, 3.63) is 23.8 Å². The van der Waals surface area contributed by atoms with Gasteiger partial charge in [-0.25, -0.2) is 4.79 Å². The molecule has 1 amide bonds. The molecule has 5 nitrogen and oxygen atoms in total. The zero-order chi connectivity index (χ0) is 15.0. The molecule has 0 unspecified atom stereocenters. The Labute approximate surface area is 118 Å². The van der Waals surface area contributed by atoms with E-state index in [1.165, 1.54) is 6.07 Å². The second-order valence-corrected chi connectivity index (χ2v) is 6.34. The van der Waals surface area contributed by atoms with Crippen LogP contribution in [0, 0.1) is 0 Å². The molecule has 1 aliphatic rings. The number of phenolic OH excluding ortho intramolecular Hbond substituents is 1. The molecule has 2 rings (SSSR count). The van der Waals surface area contributed by atoms with Gasteiger partial charge in [0.2, 0.25) is 0 Å². The van der Waals surface area contributed by atoms with Crippen molar-refractivity contribution in [1.82, 2.24) is 0 Å². The second-order valence-electron chi connectivity index (χ2n) is 6.34. The molecule has 5 heteroatoms. The Kier molecular flexibility index (Phi) is 3.65. The Morgan fingerprint density at radius 2 is 2.05 bits per heavy atom. The molecule has 3 N–H and O–H groups in total. The fraction of sp³-hybridized carbons (Fsp3) is 0.533. The number of anilines is 1. The minimum Gasteiger partial charge on any atom is -0.506 e. The maximum Gasteiger partial charge on any atom is 0.412 e. The van der Waals surface area contributed by atoms with Gasteiger partial charge in [0.25, 0.3) is 0 Å². The van der Waals surface area contributed by atoms with E-state index in [0.29, 0.717) is 17.7 Å². The van der Waals surface area contributed by atoms with Gasteiger partial charge in [-0.2, -0.15) is 0 Å². The average molecular weight is 279 g/mol. The van der Waals surface area contributed by atoms with Crippen LogP contribution in [-0.2, 0) is 11.2 Å².